The van der Waals surface area contributed by atoms with Crippen LogP contribution in [-0.4, -0.2) is 25.7 Å². The van der Waals surface area contributed by atoms with Gasteiger partial charge in [-0.15, -0.1) is 0 Å². The molecule has 3 nitrogen and oxygen atoms in total. The molecule has 0 saturated heterocycles. The Labute approximate surface area is 122 Å². The molecule has 0 amide bonds. The first-order valence-electron chi connectivity index (χ1n) is 7.61. The molecule has 1 aromatic rings. The lowest BCUT2D eigenvalue weighted by Crippen LogP contribution is -2.38. The fourth-order valence-corrected chi connectivity index (χ4v) is 2.86. The van der Waals surface area contributed by atoms with Crippen molar-refractivity contribution in [2.24, 2.45) is 0 Å². The minimum absolute atomic E-state index is 0.375. The summed E-state index contributed by atoms with van der Waals surface area (Å²) < 4.78 is 0. The van der Waals surface area contributed by atoms with E-state index in [-0.39, 0.29) is 5.54 Å². The van der Waals surface area contributed by atoms with Crippen LogP contribution in [0.15, 0.2) is 24.3 Å². The molecule has 1 heterocycles. The second-order valence-electron chi connectivity index (χ2n) is 5.87. The zero-order valence-corrected chi connectivity index (χ0v) is 12.7. The van der Waals surface area contributed by atoms with Gasteiger partial charge >= 0.3 is 0 Å². The molecule has 3 heteroatoms. The van der Waals surface area contributed by atoms with Crippen molar-refractivity contribution in [1.29, 1.82) is 5.26 Å². The van der Waals surface area contributed by atoms with E-state index < -0.39 is 0 Å². The molecular weight excluding hydrogens is 246 g/mol. The molecule has 20 heavy (non-hydrogen) atoms. The first-order chi connectivity index (χ1) is 9.68. The molecule has 2 rings (SSSR count). The van der Waals surface area contributed by atoms with Crippen molar-refractivity contribution in [2.45, 2.75) is 44.6 Å². The summed E-state index contributed by atoms with van der Waals surface area (Å²) in [5.41, 5.74) is 2.52. The highest BCUT2D eigenvalue weighted by atomic mass is 15.1. The predicted molar refractivity (Wildman–Crippen MR) is 83.9 cm³/mol. The standard InChI is InChI=1S/C17H25N3/c1-17(14-18,19-2)11-5-6-12-20-13-7-9-15-8-3-4-10-16(15)20/h3-4,8,10,19H,5-7,9,11-13H2,1-2H3. The Balaban J connectivity index is 1.83. The number of hydrogen-bond donors (Lipinski definition) is 1. The fourth-order valence-electron chi connectivity index (χ4n) is 2.86. The van der Waals surface area contributed by atoms with Crippen molar-refractivity contribution in [3.63, 3.8) is 0 Å². The van der Waals surface area contributed by atoms with Crippen LogP contribution in [0.4, 0.5) is 5.69 Å². The van der Waals surface area contributed by atoms with Crippen LogP contribution in [0.3, 0.4) is 0 Å². The van der Waals surface area contributed by atoms with Gasteiger partial charge in [-0.1, -0.05) is 18.2 Å². The largest absolute Gasteiger partial charge is 0.371 e. The number of hydrogen-bond acceptors (Lipinski definition) is 3. The minimum Gasteiger partial charge on any atom is -0.371 e. The quantitative estimate of drug-likeness (QED) is 0.808. The zero-order chi connectivity index (χ0) is 14.4. The summed E-state index contributed by atoms with van der Waals surface area (Å²) >= 11 is 0. The number of nitrogens with zero attached hydrogens (tertiary/aromatic N) is 2. The molecule has 1 N–H and O–H groups in total. The first-order valence-corrected chi connectivity index (χ1v) is 7.61. The molecule has 1 unspecified atom stereocenters. The van der Waals surface area contributed by atoms with Gasteiger partial charge in [0.2, 0.25) is 0 Å². The highest BCUT2D eigenvalue weighted by molar-refractivity contribution is 5.55. The summed E-state index contributed by atoms with van der Waals surface area (Å²) in [6.07, 6.45) is 5.61. The highest BCUT2D eigenvalue weighted by Crippen LogP contribution is 2.27. The van der Waals surface area contributed by atoms with Crippen molar-refractivity contribution >= 4 is 5.69 Å². The maximum atomic E-state index is 9.14. The number of nitrogens with one attached hydrogen (secondary N) is 1. The van der Waals surface area contributed by atoms with Crippen LogP contribution in [0, 0.1) is 11.3 Å². The molecule has 0 spiro atoms. The molecule has 0 bridgehead atoms. The smallest absolute Gasteiger partial charge is 0.103 e. The van der Waals surface area contributed by atoms with E-state index in [1.807, 2.05) is 14.0 Å². The number of rotatable bonds is 6. The normalized spacial score (nSPS) is 17.1. The van der Waals surface area contributed by atoms with Gasteiger partial charge in [-0.25, -0.2) is 0 Å². The molecule has 0 aromatic heterocycles. The van der Waals surface area contributed by atoms with Crippen LogP contribution in [0.5, 0.6) is 0 Å². The molecule has 0 aliphatic carbocycles. The SMILES string of the molecule is CNC(C)(C#N)CCCCN1CCCc2ccccc21. The fraction of sp³-hybridized carbons (Fsp3) is 0.588. The summed E-state index contributed by atoms with van der Waals surface area (Å²) in [6, 6.07) is 11.1. The van der Waals surface area contributed by atoms with Crippen LogP contribution in [-0.2, 0) is 6.42 Å². The van der Waals surface area contributed by atoms with E-state index in [1.165, 1.54) is 30.6 Å². The monoisotopic (exact) mass is 271 g/mol. The van der Waals surface area contributed by atoms with Crippen molar-refractivity contribution in [1.82, 2.24) is 5.32 Å². The Morgan fingerprint density at radius 1 is 1.35 bits per heavy atom. The zero-order valence-electron chi connectivity index (χ0n) is 12.7. The summed E-state index contributed by atoms with van der Waals surface area (Å²) in [7, 11) is 1.87. The lowest BCUT2D eigenvalue weighted by Gasteiger charge is -2.31. The maximum absolute atomic E-state index is 9.14. The topological polar surface area (TPSA) is 39.1 Å². The molecule has 1 aromatic carbocycles. The minimum atomic E-state index is -0.375. The van der Waals surface area contributed by atoms with Gasteiger partial charge in [-0.05, 0) is 57.7 Å². The Kier molecular flexibility index (Phi) is 5.03. The van der Waals surface area contributed by atoms with E-state index in [4.69, 9.17) is 5.26 Å². The number of nitriles is 1. The van der Waals surface area contributed by atoms with Gasteiger partial charge < -0.3 is 10.2 Å². The molecule has 1 aliphatic rings. The van der Waals surface area contributed by atoms with E-state index in [9.17, 15) is 0 Å². The van der Waals surface area contributed by atoms with Gasteiger partial charge in [-0.3, -0.25) is 0 Å². The summed E-state index contributed by atoms with van der Waals surface area (Å²) in [6.45, 7) is 4.24. The molecule has 1 atom stereocenters. The van der Waals surface area contributed by atoms with Gasteiger partial charge in [0.15, 0.2) is 0 Å². The van der Waals surface area contributed by atoms with Gasteiger partial charge in [0.05, 0.1) is 6.07 Å². The average Bonchev–Trinajstić information content (AvgIpc) is 2.51. The third kappa shape index (κ3) is 3.52. The van der Waals surface area contributed by atoms with Crippen molar-refractivity contribution in [2.75, 3.05) is 25.0 Å². The Hall–Kier alpha value is -1.53. The maximum Gasteiger partial charge on any atom is 0.103 e. The van der Waals surface area contributed by atoms with E-state index in [0.29, 0.717) is 0 Å². The number of anilines is 1. The lowest BCUT2D eigenvalue weighted by atomic mass is 9.96. The second kappa shape index (κ2) is 6.76. The molecule has 108 valence electrons. The average molecular weight is 271 g/mol. The summed E-state index contributed by atoms with van der Waals surface area (Å²) in [5.74, 6) is 0. The van der Waals surface area contributed by atoms with E-state index in [0.717, 1.165) is 25.8 Å². The number of fused-ring (bicyclic) bond motifs is 1. The second-order valence-corrected chi connectivity index (χ2v) is 5.87. The van der Waals surface area contributed by atoms with Crippen LogP contribution in [0.2, 0.25) is 0 Å². The van der Waals surface area contributed by atoms with E-state index in [2.05, 4.69) is 40.6 Å². The third-order valence-corrected chi connectivity index (χ3v) is 4.36. The van der Waals surface area contributed by atoms with Crippen LogP contribution in [0.25, 0.3) is 0 Å². The van der Waals surface area contributed by atoms with Crippen molar-refractivity contribution in [3.05, 3.63) is 29.8 Å². The van der Waals surface area contributed by atoms with Crippen LogP contribution < -0.4 is 10.2 Å². The third-order valence-electron chi connectivity index (χ3n) is 4.36. The van der Waals surface area contributed by atoms with Crippen LogP contribution >= 0.6 is 0 Å². The van der Waals surface area contributed by atoms with Crippen molar-refractivity contribution in [3.8, 4) is 6.07 Å². The summed E-state index contributed by atoms with van der Waals surface area (Å²) in [5, 5.41) is 12.2. The molecule has 0 radical (unpaired) electrons. The van der Waals surface area contributed by atoms with Gasteiger partial charge in [0, 0.05) is 18.8 Å². The van der Waals surface area contributed by atoms with Crippen molar-refractivity contribution < 1.29 is 0 Å². The Morgan fingerprint density at radius 2 is 2.15 bits per heavy atom. The van der Waals surface area contributed by atoms with Gasteiger partial charge in [-0.2, -0.15) is 5.26 Å². The Bertz CT molecular complexity index is 477. The summed E-state index contributed by atoms with van der Waals surface area (Å²) in [4.78, 5) is 2.50. The van der Waals surface area contributed by atoms with E-state index >= 15 is 0 Å². The van der Waals surface area contributed by atoms with Gasteiger partial charge in [0.25, 0.3) is 0 Å². The van der Waals surface area contributed by atoms with Gasteiger partial charge in [0.1, 0.15) is 5.54 Å². The predicted octanol–water partition coefficient (Wildman–Crippen LogP) is 3.11. The molecule has 0 saturated carbocycles. The number of para-hydroxylation sites is 1. The Morgan fingerprint density at radius 3 is 2.90 bits per heavy atom. The first kappa shape index (κ1) is 14.9. The highest BCUT2D eigenvalue weighted by Gasteiger charge is 2.21. The lowest BCUT2D eigenvalue weighted by molar-refractivity contribution is 0.433. The number of benzene rings is 1. The number of unbranched alkanes of at least 4 members (excludes halogenated alkanes) is 1. The van der Waals surface area contributed by atoms with E-state index in [1.54, 1.807) is 0 Å². The molecule has 0 fully saturated rings. The van der Waals surface area contributed by atoms with Crippen LogP contribution in [0.1, 0.15) is 38.2 Å². The molecular formula is C17H25N3. The number of aryl methyl sites for hydroxylation is 1. The molecule has 1 aliphatic heterocycles.